The predicted molar refractivity (Wildman–Crippen MR) is 141 cm³/mol. The average molecular weight is 520 g/mol. The second-order valence-electron chi connectivity index (χ2n) is 8.53. The van der Waals surface area contributed by atoms with E-state index in [-0.39, 0.29) is 18.1 Å². The third-order valence-electron chi connectivity index (χ3n) is 5.70. The molecule has 0 spiro atoms. The van der Waals surface area contributed by atoms with Crippen molar-refractivity contribution in [3.05, 3.63) is 53.6 Å². The summed E-state index contributed by atoms with van der Waals surface area (Å²) in [6.45, 7) is 5.69. The summed E-state index contributed by atoms with van der Waals surface area (Å²) in [4.78, 5) is 28.2. The van der Waals surface area contributed by atoms with Gasteiger partial charge in [-0.15, -0.1) is 0 Å². The fourth-order valence-electron chi connectivity index (χ4n) is 3.84. The maximum absolute atomic E-state index is 13.8. The molecule has 10 heteroatoms. The van der Waals surface area contributed by atoms with Gasteiger partial charge >= 0.3 is 0 Å². The van der Waals surface area contributed by atoms with Crippen LogP contribution >= 0.6 is 0 Å². The third-order valence-corrected chi connectivity index (χ3v) is 6.83. The maximum Gasteiger partial charge on any atom is 0.244 e. The lowest BCUT2D eigenvalue weighted by Crippen LogP contribution is -2.52. The zero-order chi connectivity index (χ0) is 26.9. The molecular weight excluding hydrogens is 482 g/mol. The first-order chi connectivity index (χ1) is 17.0. The highest BCUT2D eigenvalue weighted by molar-refractivity contribution is 7.92. The fraction of sp³-hybridized carbons (Fsp3) is 0.462. The Hall–Kier alpha value is -3.27. The lowest BCUT2D eigenvalue weighted by atomic mass is 10.1. The molecule has 0 unspecified atom stereocenters. The minimum Gasteiger partial charge on any atom is -0.497 e. The fourth-order valence-corrected chi connectivity index (χ4v) is 4.69. The third kappa shape index (κ3) is 7.61. The molecule has 0 aliphatic rings. The number of nitrogens with one attached hydrogen (secondary N) is 1. The van der Waals surface area contributed by atoms with E-state index in [9.17, 15) is 18.0 Å². The van der Waals surface area contributed by atoms with Crippen LogP contribution in [-0.4, -0.2) is 64.7 Å². The first-order valence-corrected chi connectivity index (χ1v) is 13.7. The van der Waals surface area contributed by atoms with Crippen LogP contribution in [0.5, 0.6) is 11.5 Å². The van der Waals surface area contributed by atoms with Crippen LogP contribution in [0.1, 0.15) is 37.8 Å². The summed E-state index contributed by atoms with van der Waals surface area (Å²) in [6, 6.07) is 11.5. The van der Waals surface area contributed by atoms with Gasteiger partial charge in [0.25, 0.3) is 0 Å². The number of aryl methyl sites for hydroxylation is 1. The molecule has 1 atom stereocenters. The van der Waals surface area contributed by atoms with Gasteiger partial charge in [-0.25, -0.2) is 8.42 Å². The molecule has 198 valence electrons. The van der Waals surface area contributed by atoms with Crippen LogP contribution in [0.2, 0.25) is 0 Å². The minimum atomic E-state index is -3.86. The van der Waals surface area contributed by atoms with Crippen molar-refractivity contribution in [3.8, 4) is 11.5 Å². The first-order valence-electron chi connectivity index (χ1n) is 11.9. The average Bonchev–Trinajstić information content (AvgIpc) is 2.85. The number of hydrogen-bond donors (Lipinski definition) is 1. The van der Waals surface area contributed by atoms with Crippen LogP contribution in [0.25, 0.3) is 0 Å². The van der Waals surface area contributed by atoms with Crippen molar-refractivity contribution in [2.24, 2.45) is 0 Å². The van der Waals surface area contributed by atoms with Crippen LogP contribution in [0.3, 0.4) is 0 Å². The van der Waals surface area contributed by atoms with E-state index in [1.807, 2.05) is 26.8 Å². The van der Waals surface area contributed by atoms with Crippen LogP contribution in [-0.2, 0) is 26.2 Å². The zero-order valence-corrected chi connectivity index (χ0v) is 22.7. The number of rotatable bonds is 13. The SMILES string of the molecule is CCCNC(=O)[C@@H](CC)N(Cc1cccc(OC)c1)C(=O)CN(c1cc(C)ccc1OC)S(C)(=O)=O. The number of benzene rings is 2. The molecule has 1 N–H and O–H groups in total. The zero-order valence-electron chi connectivity index (χ0n) is 21.9. The molecule has 0 radical (unpaired) electrons. The topological polar surface area (TPSA) is 105 Å². The molecule has 0 aliphatic carbocycles. The molecule has 2 amide bonds. The molecule has 0 saturated carbocycles. The van der Waals surface area contributed by atoms with E-state index in [0.717, 1.165) is 28.1 Å². The van der Waals surface area contributed by atoms with Gasteiger partial charge in [0, 0.05) is 13.1 Å². The van der Waals surface area contributed by atoms with E-state index < -0.39 is 28.5 Å². The summed E-state index contributed by atoms with van der Waals surface area (Å²) in [5, 5.41) is 2.86. The Labute approximate surface area is 214 Å². The van der Waals surface area contributed by atoms with Crippen LogP contribution in [0, 0.1) is 6.92 Å². The molecule has 2 rings (SSSR count). The van der Waals surface area contributed by atoms with E-state index in [0.29, 0.717) is 24.5 Å². The van der Waals surface area contributed by atoms with Crippen molar-refractivity contribution in [2.75, 3.05) is 37.9 Å². The quantitative estimate of drug-likeness (QED) is 0.436. The first kappa shape index (κ1) is 29.0. The number of sulfonamides is 1. The molecule has 2 aromatic rings. The Kier molecular flexibility index (Phi) is 10.6. The van der Waals surface area contributed by atoms with Crippen LogP contribution in [0.15, 0.2) is 42.5 Å². The molecule has 0 fully saturated rings. The highest BCUT2D eigenvalue weighted by atomic mass is 32.2. The van der Waals surface area contributed by atoms with Gasteiger partial charge in [-0.3, -0.25) is 13.9 Å². The highest BCUT2D eigenvalue weighted by Gasteiger charge is 2.32. The lowest BCUT2D eigenvalue weighted by Gasteiger charge is -2.33. The number of amides is 2. The summed E-state index contributed by atoms with van der Waals surface area (Å²) < 4.78 is 37.4. The summed E-state index contributed by atoms with van der Waals surface area (Å²) >= 11 is 0. The lowest BCUT2D eigenvalue weighted by molar-refractivity contribution is -0.140. The van der Waals surface area contributed by atoms with E-state index in [2.05, 4.69) is 5.32 Å². The largest absolute Gasteiger partial charge is 0.497 e. The van der Waals surface area contributed by atoms with Gasteiger partial charge in [0.2, 0.25) is 21.8 Å². The van der Waals surface area contributed by atoms with Gasteiger partial charge in [0.15, 0.2) is 0 Å². The van der Waals surface area contributed by atoms with Gasteiger partial charge in [0.05, 0.1) is 26.2 Å². The molecule has 36 heavy (non-hydrogen) atoms. The van der Waals surface area contributed by atoms with Crippen LogP contribution < -0.4 is 19.1 Å². The summed E-state index contributed by atoms with van der Waals surface area (Å²) in [5.41, 5.74) is 1.83. The standard InChI is InChI=1S/C26H37N3O6S/c1-7-14-27-26(31)22(8-2)28(17-20-10-9-11-21(16-20)34-4)25(30)18-29(36(6,32)33)23-15-19(3)12-13-24(23)35-5/h9-13,15-16,22H,7-8,14,17-18H2,1-6H3,(H,27,31)/t22-/m1/s1. The molecule has 0 aliphatic heterocycles. The van der Waals surface area contributed by atoms with Crippen molar-refractivity contribution in [1.82, 2.24) is 10.2 Å². The van der Waals surface area contributed by atoms with Gasteiger partial charge in [-0.1, -0.05) is 32.0 Å². The number of methoxy groups -OCH3 is 2. The van der Waals surface area contributed by atoms with Crippen LogP contribution in [0.4, 0.5) is 5.69 Å². The Morgan fingerprint density at radius 2 is 1.78 bits per heavy atom. The summed E-state index contributed by atoms with van der Waals surface area (Å²) in [5.74, 6) is 0.150. The Morgan fingerprint density at radius 3 is 2.36 bits per heavy atom. The predicted octanol–water partition coefficient (Wildman–Crippen LogP) is 3.11. The monoisotopic (exact) mass is 519 g/mol. The molecule has 0 bridgehead atoms. The number of carbonyl (C=O) groups is 2. The van der Waals surface area contributed by atoms with E-state index in [1.165, 1.54) is 12.0 Å². The van der Waals surface area contributed by atoms with Gasteiger partial charge < -0.3 is 19.7 Å². The highest BCUT2D eigenvalue weighted by Crippen LogP contribution is 2.31. The maximum atomic E-state index is 13.8. The van der Waals surface area contributed by atoms with Gasteiger partial charge in [0.1, 0.15) is 24.1 Å². The molecule has 0 saturated heterocycles. The Morgan fingerprint density at radius 1 is 1.06 bits per heavy atom. The summed E-state index contributed by atoms with van der Waals surface area (Å²) in [6.07, 6.45) is 2.15. The van der Waals surface area contributed by atoms with Crippen molar-refractivity contribution in [2.45, 2.75) is 46.2 Å². The second kappa shape index (κ2) is 13.2. The summed E-state index contributed by atoms with van der Waals surface area (Å²) in [7, 11) is -0.870. The minimum absolute atomic E-state index is 0.108. The molecular formula is C26H37N3O6S. The molecule has 9 nitrogen and oxygen atoms in total. The van der Waals surface area contributed by atoms with Gasteiger partial charge in [-0.2, -0.15) is 0 Å². The Bertz CT molecular complexity index is 1150. The van der Waals surface area contributed by atoms with Gasteiger partial charge in [-0.05, 0) is 55.2 Å². The number of anilines is 1. The van der Waals surface area contributed by atoms with Crippen molar-refractivity contribution in [1.29, 1.82) is 0 Å². The van der Waals surface area contributed by atoms with E-state index in [1.54, 1.807) is 43.5 Å². The Balaban J connectivity index is 2.51. The number of ether oxygens (including phenoxy) is 2. The van der Waals surface area contributed by atoms with E-state index >= 15 is 0 Å². The number of carbonyl (C=O) groups excluding carboxylic acids is 2. The smallest absolute Gasteiger partial charge is 0.244 e. The molecule has 0 aromatic heterocycles. The van der Waals surface area contributed by atoms with Crippen molar-refractivity contribution < 1.29 is 27.5 Å². The van der Waals surface area contributed by atoms with Crippen molar-refractivity contribution >= 4 is 27.5 Å². The normalized spacial score (nSPS) is 11.9. The number of hydrogen-bond acceptors (Lipinski definition) is 6. The number of nitrogens with zero attached hydrogens (tertiary/aromatic N) is 2. The molecule has 0 heterocycles. The van der Waals surface area contributed by atoms with E-state index in [4.69, 9.17) is 9.47 Å². The van der Waals surface area contributed by atoms with Crippen molar-refractivity contribution in [3.63, 3.8) is 0 Å². The molecule has 2 aromatic carbocycles. The second-order valence-corrected chi connectivity index (χ2v) is 10.4.